The lowest BCUT2D eigenvalue weighted by Crippen LogP contribution is -2.17. The minimum atomic E-state index is -0.378. The lowest BCUT2D eigenvalue weighted by Gasteiger charge is -2.01. The number of nitrogens with one attached hydrogen (secondary N) is 2. The number of rotatable bonds is 4. The van der Waals surface area contributed by atoms with Crippen LogP contribution in [-0.4, -0.2) is 32.3 Å². The van der Waals surface area contributed by atoms with Gasteiger partial charge in [-0.05, 0) is 42.0 Å². The Kier molecular flexibility index (Phi) is 4.47. The number of carbonyl (C=O) groups is 1. The van der Waals surface area contributed by atoms with Crippen molar-refractivity contribution in [2.24, 2.45) is 5.10 Å². The van der Waals surface area contributed by atoms with Crippen LogP contribution in [0.15, 0.2) is 71.8 Å². The highest BCUT2D eigenvalue weighted by Crippen LogP contribution is 2.24. The second-order valence-electron chi connectivity index (χ2n) is 6.13. The summed E-state index contributed by atoms with van der Waals surface area (Å²) in [6, 6.07) is 19.1. The van der Waals surface area contributed by atoms with E-state index in [1.54, 1.807) is 24.3 Å². The summed E-state index contributed by atoms with van der Waals surface area (Å²) in [7, 11) is 0. The number of phenolic OH excluding ortho intramolecular Hbond substituents is 2. The van der Waals surface area contributed by atoms with Gasteiger partial charge in [0.15, 0.2) is 11.5 Å². The second kappa shape index (κ2) is 7.24. The Morgan fingerprint density at radius 1 is 1.00 bits per heavy atom. The van der Waals surface area contributed by atoms with E-state index < -0.39 is 0 Å². The number of aromatic nitrogens is 2. The van der Waals surface area contributed by atoms with Gasteiger partial charge in [0.25, 0.3) is 5.91 Å². The molecule has 0 saturated heterocycles. The Balaban J connectivity index is 1.51. The fraction of sp³-hybridized carbons (Fsp3) is 0. The number of fused-ring (bicyclic) bond motifs is 1. The van der Waals surface area contributed by atoms with E-state index in [-0.39, 0.29) is 17.4 Å². The molecule has 0 saturated carbocycles. The predicted octanol–water partition coefficient (Wildman–Crippen LogP) is 3.41. The first kappa shape index (κ1) is 17.3. The molecule has 7 nitrogen and oxygen atoms in total. The highest BCUT2D eigenvalue weighted by molar-refractivity contribution is 5.98. The third-order valence-corrected chi connectivity index (χ3v) is 4.17. The molecule has 4 aromatic rings. The summed E-state index contributed by atoms with van der Waals surface area (Å²) in [6.07, 6.45) is 1.37. The van der Waals surface area contributed by atoms with Crippen molar-refractivity contribution in [1.29, 1.82) is 0 Å². The van der Waals surface area contributed by atoms with Gasteiger partial charge < -0.3 is 15.2 Å². The molecular weight excluding hydrogens is 356 g/mol. The van der Waals surface area contributed by atoms with Gasteiger partial charge in [0.1, 0.15) is 5.82 Å². The van der Waals surface area contributed by atoms with E-state index in [9.17, 15) is 15.0 Å². The zero-order valence-corrected chi connectivity index (χ0v) is 14.6. The molecule has 138 valence electrons. The van der Waals surface area contributed by atoms with Gasteiger partial charge in [0, 0.05) is 11.1 Å². The fourth-order valence-electron chi connectivity index (χ4n) is 2.73. The van der Waals surface area contributed by atoms with Gasteiger partial charge in [0.2, 0.25) is 0 Å². The minimum Gasteiger partial charge on any atom is -0.504 e. The van der Waals surface area contributed by atoms with Gasteiger partial charge in [-0.2, -0.15) is 5.10 Å². The molecule has 4 rings (SSSR count). The lowest BCUT2D eigenvalue weighted by molar-refractivity contribution is 0.0955. The van der Waals surface area contributed by atoms with Crippen LogP contribution in [0.25, 0.3) is 22.4 Å². The van der Waals surface area contributed by atoms with E-state index in [0.717, 1.165) is 22.4 Å². The number of H-pyrrole nitrogens is 1. The lowest BCUT2D eigenvalue weighted by atomic mass is 10.2. The molecule has 28 heavy (non-hydrogen) atoms. The quantitative estimate of drug-likeness (QED) is 0.250. The number of phenols is 2. The first-order valence-corrected chi connectivity index (χ1v) is 8.51. The first-order chi connectivity index (χ1) is 13.6. The zero-order chi connectivity index (χ0) is 19.5. The van der Waals surface area contributed by atoms with Gasteiger partial charge in [-0.15, -0.1) is 0 Å². The smallest absolute Gasteiger partial charge is 0.271 e. The predicted molar refractivity (Wildman–Crippen MR) is 106 cm³/mol. The van der Waals surface area contributed by atoms with E-state index >= 15 is 0 Å². The molecule has 3 aromatic carbocycles. The number of aromatic amines is 1. The Morgan fingerprint density at radius 3 is 2.61 bits per heavy atom. The molecule has 0 unspecified atom stereocenters. The third kappa shape index (κ3) is 3.54. The molecule has 0 spiro atoms. The average molecular weight is 372 g/mol. The summed E-state index contributed by atoms with van der Waals surface area (Å²) in [4.78, 5) is 20.1. The van der Waals surface area contributed by atoms with Gasteiger partial charge >= 0.3 is 0 Å². The van der Waals surface area contributed by atoms with Crippen molar-refractivity contribution in [1.82, 2.24) is 15.4 Å². The number of hydrogen-bond acceptors (Lipinski definition) is 5. The van der Waals surface area contributed by atoms with Crippen LogP contribution >= 0.6 is 0 Å². The van der Waals surface area contributed by atoms with Crippen molar-refractivity contribution < 1.29 is 15.0 Å². The van der Waals surface area contributed by atoms with Crippen molar-refractivity contribution >= 4 is 23.2 Å². The number of amides is 1. The normalized spacial score (nSPS) is 11.1. The highest BCUT2D eigenvalue weighted by Gasteiger charge is 2.09. The summed E-state index contributed by atoms with van der Waals surface area (Å²) in [5.74, 6) is -0.117. The van der Waals surface area contributed by atoms with Crippen molar-refractivity contribution in [2.45, 2.75) is 0 Å². The molecule has 1 heterocycles. The monoisotopic (exact) mass is 372 g/mol. The van der Waals surface area contributed by atoms with Crippen LogP contribution in [0.2, 0.25) is 0 Å². The SMILES string of the molecule is O=C(N/N=C/c1ccc(O)c(O)c1)c1ccc2nc(-c3ccccc3)[nH]c2c1. The number of hydrogen-bond donors (Lipinski definition) is 4. The maximum Gasteiger partial charge on any atom is 0.271 e. The van der Waals surface area contributed by atoms with E-state index in [1.807, 2.05) is 30.3 Å². The fourth-order valence-corrected chi connectivity index (χ4v) is 2.73. The van der Waals surface area contributed by atoms with Crippen LogP contribution in [0.1, 0.15) is 15.9 Å². The largest absolute Gasteiger partial charge is 0.504 e. The van der Waals surface area contributed by atoms with Crippen LogP contribution in [-0.2, 0) is 0 Å². The van der Waals surface area contributed by atoms with Crippen LogP contribution in [0.3, 0.4) is 0 Å². The number of benzene rings is 3. The summed E-state index contributed by atoms with van der Waals surface area (Å²) >= 11 is 0. The van der Waals surface area contributed by atoms with Gasteiger partial charge in [-0.1, -0.05) is 30.3 Å². The van der Waals surface area contributed by atoms with Crippen molar-refractivity contribution in [3.63, 3.8) is 0 Å². The number of hydrazone groups is 1. The summed E-state index contributed by atoms with van der Waals surface area (Å²) in [5.41, 5.74) is 5.88. The van der Waals surface area contributed by atoms with Crippen molar-refractivity contribution in [2.75, 3.05) is 0 Å². The molecule has 1 amide bonds. The Morgan fingerprint density at radius 2 is 1.82 bits per heavy atom. The van der Waals surface area contributed by atoms with Crippen LogP contribution in [0.4, 0.5) is 0 Å². The number of aromatic hydroxyl groups is 2. The molecule has 0 aliphatic rings. The molecule has 0 atom stereocenters. The molecular formula is C21H16N4O3. The van der Waals surface area contributed by atoms with Gasteiger partial charge in [0.05, 0.1) is 17.2 Å². The maximum atomic E-state index is 12.3. The maximum absolute atomic E-state index is 12.3. The number of imidazole rings is 1. The summed E-state index contributed by atoms with van der Waals surface area (Å²) < 4.78 is 0. The Labute approximate surface area is 160 Å². The van der Waals surface area contributed by atoms with Gasteiger partial charge in [-0.3, -0.25) is 4.79 Å². The summed E-state index contributed by atoms with van der Waals surface area (Å²) in [6.45, 7) is 0. The molecule has 7 heteroatoms. The molecule has 0 bridgehead atoms. The molecule has 1 aromatic heterocycles. The molecule has 0 aliphatic carbocycles. The van der Waals surface area contributed by atoms with Crippen molar-refractivity contribution in [3.8, 4) is 22.9 Å². The number of nitrogens with zero attached hydrogens (tertiary/aromatic N) is 2. The van der Waals surface area contributed by atoms with E-state index in [0.29, 0.717) is 11.1 Å². The molecule has 0 aliphatic heterocycles. The minimum absolute atomic E-state index is 0.219. The molecule has 0 radical (unpaired) electrons. The van der Waals surface area contributed by atoms with E-state index in [4.69, 9.17) is 0 Å². The zero-order valence-electron chi connectivity index (χ0n) is 14.6. The highest BCUT2D eigenvalue weighted by atomic mass is 16.3. The third-order valence-electron chi connectivity index (χ3n) is 4.17. The summed E-state index contributed by atoms with van der Waals surface area (Å²) in [5, 5.41) is 22.6. The van der Waals surface area contributed by atoms with Crippen LogP contribution in [0, 0.1) is 0 Å². The Bertz CT molecular complexity index is 1180. The standard InChI is InChI=1S/C21H16N4O3/c26-18-9-6-13(10-19(18)27)12-22-25-21(28)15-7-8-16-17(11-15)24-20(23-16)14-4-2-1-3-5-14/h1-12,26-27H,(H,23,24)(H,25,28)/b22-12+. The molecule has 0 fully saturated rings. The van der Waals surface area contributed by atoms with Crippen molar-refractivity contribution in [3.05, 3.63) is 77.9 Å². The second-order valence-corrected chi connectivity index (χ2v) is 6.13. The number of carbonyl (C=O) groups excluding carboxylic acids is 1. The molecule has 4 N–H and O–H groups in total. The first-order valence-electron chi connectivity index (χ1n) is 8.51. The average Bonchev–Trinajstić information content (AvgIpc) is 3.14. The van der Waals surface area contributed by atoms with E-state index in [1.165, 1.54) is 18.3 Å². The van der Waals surface area contributed by atoms with Crippen LogP contribution in [0.5, 0.6) is 11.5 Å². The topological polar surface area (TPSA) is 111 Å². The van der Waals surface area contributed by atoms with Crippen LogP contribution < -0.4 is 5.43 Å². The Hall–Kier alpha value is -4.13. The van der Waals surface area contributed by atoms with E-state index in [2.05, 4.69) is 20.5 Å². The van der Waals surface area contributed by atoms with Gasteiger partial charge in [-0.25, -0.2) is 10.4 Å².